The van der Waals surface area contributed by atoms with Gasteiger partial charge in [0.2, 0.25) is 5.91 Å². The summed E-state index contributed by atoms with van der Waals surface area (Å²) in [7, 11) is 0. The third-order valence-corrected chi connectivity index (χ3v) is 4.37. The molecule has 2 rings (SSSR count). The molecule has 1 fully saturated rings. The molecule has 1 amide bonds. The Labute approximate surface area is 143 Å². The van der Waals surface area contributed by atoms with Crippen LogP contribution in [-0.2, 0) is 15.0 Å². The number of carbonyl (C=O) groups excluding carboxylic acids is 1. The Kier molecular flexibility index (Phi) is 5.38. The normalized spacial score (nSPS) is 19.9. The zero-order valence-electron chi connectivity index (χ0n) is 13.5. The Morgan fingerprint density at radius 2 is 2.17 bits per heavy atom. The quantitative estimate of drug-likeness (QED) is 0.644. The van der Waals surface area contributed by atoms with Gasteiger partial charge in [0.15, 0.2) is 5.17 Å². The molecule has 1 aliphatic heterocycles. The monoisotopic (exact) mass is 351 g/mol. The predicted molar refractivity (Wildman–Crippen MR) is 91.9 cm³/mol. The summed E-state index contributed by atoms with van der Waals surface area (Å²) in [5.41, 5.74) is 0.867. The van der Waals surface area contributed by atoms with Crippen molar-refractivity contribution in [2.45, 2.75) is 37.9 Å². The minimum atomic E-state index is -1.05. The van der Waals surface area contributed by atoms with Crippen molar-refractivity contribution in [1.29, 1.82) is 0 Å². The number of thioether (sulfide) groups is 1. The van der Waals surface area contributed by atoms with Gasteiger partial charge in [0, 0.05) is 0 Å². The van der Waals surface area contributed by atoms with Crippen LogP contribution in [0.1, 0.15) is 38.3 Å². The molecule has 0 bridgehead atoms. The van der Waals surface area contributed by atoms with Gasteiger partial charge in [0.1, 0.15) is 11.1 Å². The predicted octanol–water partition coefficient (Wildman–Crippen LogP) is 2.52. The van der Waals surface area contributed by atoms with Crippen LogP contribution in [0.25, 0.3) is 0 Å². The number of halogens is 1. The van der Waals surface area contributed by atoms with Crippen LogP contribution in [-0.4, -0.2) is 33.6 Å². The first-order valence-electron chi connectivity index (χ1n) is 7.27. The summed E-state index contributed by atoms with van der Waals surface area (Å²) < 4.78 is 14.1. The Balaban J connectivity index is 2.06. The molecular formula is C16H18FN3O3S. The summed E-state index contributed by atoms with van der Waals surface area (Å²) in [6, 6.07) is 4.82. The van der Waals surface area contributed by atoms with E-state index in [4.69, 9.17) is 5.11 Å². The fourth-order valence-electron chi connectivity index (χ4n) is 2.11. The lowest BCUT2D eigenvalue weighted by Crippen LogP contribution is -2.26. The number of nitrogens with zero attached hydrogens (tertiary/aromatic N) is 2. The van der Waals surface area contributed by atoms with Crippen molar-refractivity contribution in [1.82, 2.24) is 5.32 Å². The highest BCUT2D eigenvalue weighted by Crippen LogP contribution is 2.25. The van der Waals surface area contributed by atoms with Crippen LogP contribution in [0, 0.1) is 5.82 Å². The largest absolute Gasteiger partial charge is 0.481 e. The third-order valence-electron chi connectivity index (χ3n) is 3.29. The highest BCUT2D eigenvalue weighted by molar-refractivity contribution is 8.15. The van der Waals surface area contributed by atoms with E-state index in [0.29, 0.717) is 11.1 Å². The molecule has 0 spiro atoms. The average molecular weight is 351 g/mol. The number of carboxylic acids is 1. The second-order valence-corrected chi connectivity index (χ2v) is 7.52. The van der Waals surface area contributed by atoms with Gasteiger partial charge in [-0.2, -0.15) is 5.10 Å². The zero-order valence-corrected chi connectivity index (χ0v) is 14.4. The molecule has 0 radical (unpaired) electrons. The first-order chi connectivity index (χ1) is 11.2. The van der Waals surface area contributed by atoms with Gasteiger partial charge in [-0.1, -0.05) is 44.7 Å². The molecule has 6 nitrogen and oxygen atoms in total. The van der Waals surface area contributed by atoms with Crippen LogP contribution in [0.15, 0.2) is 28.4 Å². The van der Waals surface area contributed by atoms with Gasteiger partial charge < -0.3 is 10.4 Å². The lowest BCUT2D eigenvalue weighted by molar-refractivity contribution is -0.138. The first-order valence-corrected chi connectivity index (χ1v) is 8.15. The van der Waals surface area contributed by atoms with Crippen LogP contribution in [0.2, 0.25) is 0 Å². The number of carboxylic acid groups (broad SMARTS) is 1. The summed E-state index contributed by atoms with van der Waals surface area (Å²) in [6.45, 7) is 5.79. The molecule has 24 heavy (non-hydrogen) atoms. The maximum Gasteiger partial charge on any atom is 0.305 e. The van der Waals surface area contributed by atoms with E-state index >= 15 is 0 Å². The summed E-state index contributed by atoms with van der Waals surface area (Å²) in [5.74, 6) is -1.78. The molecule has 2 N–H and O–H groups in total. The minimum Gasteiger partial charge on any atom is -0.481 e. The Morgan fingerprint density at radius 3 is 2.75 bits per heavy atom. The number of carbonyl (C=O) groups is 2. The van der Waals surface area contributed by atoms with Crippen LogP contribution in [0.3, 0.4) is 0 Å². The number of hydrogen-bond acceptors (Lipinski definition) is 5. The van der Waals surface area contributed by atoms with Crippen molar-refractivity contribution < 1.29 is 19.1 Å². The van der Waals surface area contributed by atoms with Crippen molar-refractivity contribution in [3.8, 4) is 0 Å². The Hall–Kier alpha value is -2.22. The lowest BCUT2D eigenvalue weighted by atomic mass is 9.86. The Bertz CT molecular complexity index is 726. The van der Waals surface area contributed by atoms with E-state index < -0.39 is 17.1 Å². The van der Waals surface area contributed by atoms with Gasteiger partial charge in [-0.05, 0) is 22.6 Å². The molecule has 0 aromatic heterocycles. The molecule has 1 aromatic rings. The lowest BCUT2D eigenvalue weighted by Gasteiger charge is -2.19. The smallest absolute Gasteiger partial charge is 0.305 e. The van der Waals surface area contributed by atoms with Crippen LogP contribution >= 0.6 is 11.8 Å². The summed E-state index contributed by atoms with van der Waals surface area (Å²) in [5, 5.41) is 18.3. The van der Waals surface area contributed by atoms with E-state index in [1.165, 1.54) is 12.3 Å². The molecule has 1 heterocycles. The van der Waals surface area contributed by atoms with Crippen molar-refractivity contribution in [2.24, 2.45) is 10.2 Å². The molecule has 1 unspecified atom stereocenters. The molecule has 8 heteroatoms. The van der Waals surface area contributed by atoms with Crippen molar-refractivity contribution in [3.05, 3.63) is 35.1 Å². The van der Waals surface area contributed by atoms with Crippen molar-refractivity contribution >= 4 is 35.0 Å². The topological polar surface area (TPSA) is 91.1 Å². The first kappa shape index (κ1) is 18.1. The molecule has 128 valence electrons. The molecule has 1 saturated heterocycles. The van der Waals surface area contributed by atoms with E-state index in [1.54, 1.807) is 12.1 Å². The molecule has 1 aromatic carbocycles. The fraction of sp³-hybridized carbons (Fsp3) is 0.375. The van der Waals surface area contributed by atoms with Gasteiger partial charge >= 0.3 is 5.97 Å². The highest BCUT2D eigenvalue weighted by atomic mass is 32.2. The second-order valence-electron chi connectivity index (χ2n) is 6.33. The highest BCUT2D eigenvalue weighted by Gasteiger charge is 2.32. The molecular weight excluding hydrogens is 333 g/mol. The summed E-state index contributed by atoms with van der Waals surface area (Å²) in [4.78, 5) is 22.2. The number of amidine groups is 1. The SMILES string of the molecule is CC(C)(C)c1ccc(C=N/N=C2/NC(=O)C(CC(=O)O)S2)cc1F. The molecule has 1 aliphatic rings. The van der Waals surface area contributed by atoms with Crippen LogP contribution in [0.5, 0.6) is 0 Å². The van der Waals surface area contributed by atoms with E-state index in [1.807, 2.05) is 20.8 Å². The number of nitrogens with one attached hydrogen (secondary N) is 1. The molecule has 1 atom stereocenters. The number of rotatable bonds is 4. The van der Waals surface area contributed by atoms with E-state index in [0.717, 1.165) is 11.8 Å². The van der Waals surface area contributed by atoms with E-state index in [-0.39, 0.29) is 22.8 Å². The average Bonchev–Trinajstić information content (AvgIpc) is 2.77. The number of amides is 1. The maximum absolute atomic E-state index is 14.1. The fourth-order valence-corrected chi connectivity index (χ4v) is 3.03. The van der Waals surface area contributed by atoms with Gasteiger partial charge in [-0.25, -0.2) is 4.39 Å². The summed E-state index contributed by atoms with van der Waals surface area (Å²) >= 11 is 1.01. The van der Waals surface area contributed by atoms with E-state index in [9.17, 15) is 14.0 Å². The number of aliphatic carboxylic acids is 1. The minimum absolute atomic E-state index is 0.231. The van der Waals surface area contributed by atoms with Gasteiger partial charge in [-0.3, -0.25) is 9.59 Å². The maximum atomic E-state index is 14.1. The molecule has 0 aliphatic carbocycles. The standard InChI is InChI=1S/C16H18FN3O3S/c1-16(2,3)10-5-4-9(6-11(10)17)8-18-20-15-19-14(23)12(24-15)7-13(21)22/h4-6,8,12H,7H2,1-3H3,(H,21,22)(H,19,20,23). The van der Waals surface area contributed by atoms with Crippen molar-refractivity contribution in [3.63, 3.8) is 0 Å². The van der Waals surface area contributed by atoms with Gasteiger partial charge in [-0.15, -0.1) is 5.10 Å². The summed E-state index contributed by atoms with van der Waals surface area (Å²) in [6.07, 6.45) is 1.10. The molecule has 0 saturated carbocycles. The van der Waals surface area contributed by atoms with E-state index in [2.05, 4.69) is 15.5 Å². The Morgan fingerprint density at radius 1 is 1.46 bits per heavy atom. The second kappa shape index (κ2) is 7.12. The number of hydrogen-bond donors (Lipinski definition) is 2. The van der Waals surface area contributed by atoms with Crippen molar-refractivity contribution in [2.75, 3.05) is 0 Å². The van der Waals surface area contributed by atoms with Crippen LogP contribution < -0.4 is 5.32 Å². The third kappa shape index (κ3) is 4.64. The van der Waals surface area contributed by atoms with Crippen LogP contribution in [0.4, 0.5) is 4.39 Å². The zero-order chi connectivity index (χ0) is 17.9. The number of benzene rings is 1. The van der Waals surface area contributed by atoms with Gasteiger partial charge in [0.25, 0.3) is 0 Å². The van der Waals surface area contributed by atoms with Gasteiger partial charge in [0.05, 0.1) is 12.6 Å².